The van der Waals surface area contributed by atoms with Gasteiger partial charge in [0.2, 0.25) is 10.0 Å². The molecule has 0 spiro atoms. The van der Waals surface area contributed by atoms with Crippen LogP contribution in [0.1, 0.15) is 36.8 Å². The topological polar surface area (TPSA) is 89.8 Å². The number of rotatable bonds is 6. The fraction of sp³-hybridized carbons (Fsp3) is 0.438. The summed E-state index contributed by atoms with van der Waals surface area (Å²) in [7, 11) is -3.63. The van der Waals surface area contributed by atoms with Crippen molar-refractivity contribution in [2.45, 2.75) is 43.5 Å². The third-order valence-corrected chi connectivity index (χ3v) is 6.71. The van der Waals surface area contributed by atoms with E-state index in [0.29, 0.717) is 30.0 Å². The quantitative estimate of drug-likeness (QED) is 0.713. The Labute approximate surface area is 150 Å². The van der Waals surface area contributed by atoms with Gasteiger partial charge in [-0.2, -0.15) is 8.75 Å². The maximum Gasteiger partial charge on any atom is 0.242 e. The van der Waals surface area contributed by atoms with E-state index in [1.807, 2.05) is 6.20 Å². The molecule has 7 nitrogen and oxygen atoms in total. The Bertz CT molecular complexity index is 1000. The minimum absolute atomic E-state index is 0.178. The third kappa shape index (κ3) is 3.07. The average Bonchev–Trinajstić information content (AvgIpc) is 3.14. The van der Waals surface area contributed by atoms with Crippen molar-refractivity contribution in [3.05, 3.63) is 35.9 Å². The van der Waals surface area contributed by atoms with E-state index in [2.05, 4.69) is 29.9 Å². The van der Waals surface area contributed by atoms with E-state index in [4.69, 9.17) is 0 Å². The summed E-state index contributed by atoms with van der Waals surface area (Å²) in [5.41, 5.74) is 2.16. The number of hydrogen-bond donors (Lipinski definition) is 1. The van der Waals surface area contributed by atoms with Gasteiger partial charge in [-0.15, -0.1) is 0 Å². The lowest BCUT2D eigenvalue weighted by molar-refractivity contribution is 0.302. The molecule has 4 rings (SSSR count). The minimum atomic E-state index is -3.63. The third-order valence-electron chi connectivity index (χ3n) is 4.68. The van der Waals surface area contributed by atoms with Crippen molar-refractivity contribution in [2.24, 2.45) is 0 Å². The first kappa shape index (κ1) is 16.6. The van der Waals surface area contributed by atoms with Gasteiger partial charge in [0.15, 0.2) is 0 Å². The van der Waals surface area contributed by atoms with Crippen LogP contribution in [-0.2, 0) is 16.4 Å². The summed E-state index contributed by atoms with van der Waals surface area (Å²) in [4.78, 5) is 4.64. The number of imidazole rings is 1. The zero-order chi connectivity index (χ0) is 17.4. The zero-order valence-electron chi connectivity index (χ0n) is 13.8. The van der Waals surface area contributed by atoms with Crippen molar-refractivity contribution >= 4 is 32.8 Å². The van der Waals surface area contributed by atoms with Gasteiger partial charge >= 0.3 is 0 Å². The standard InChI is InChI=1S/C16H19N5O2S2/c1-11-10-17-15(21(11)12-4-2-5-12)8-9-18-25(22,23)14-7-3-6-13-16(14)20-24-19-13/h3,6-7,10,12,18H,2,4-5,8-9H2,1H3. The van der Waals surface area contributed by atoms with Crippen LogP contribution < -0.4 is 4.72 Å². The maximum absolute atomic E-state index is 12.6. The summed E-state index contributed by atoms with van der Waals surface area (Å²) < 4.78 is 38.4. The Morgan fingerprint density at radius 1 is 1.32 bits per heavy atom. The lowest BCUT2D eigenvalue weighted by atomic mass is 9.92. The highest BCUT2D eigenvalue weighted by molar-refractivity contribution is 7.89. The molecule has 0 unspecified atom stereocenters. The number of fused-ring (bicyclic) bond motifs is 1. The van der Waals surface area contributed by atoms with Crippen LogP contribution >= 0.6 is 11.7 Å². The number of nitrogens with zero attached hydrogens (tertiary/aromatic N) is 4. The van der Waals surface area contributed by atoms with Gasteiger partial charge in [0.25, 0.3) is 0 Å². The molecule has 0 bridgehead atoms. The SMILES string of the molecule is Cc1cnc(CCNS(=O)(=O)c2cccc3nsnc23)n1C1CCC1. The second-order valence-corrected chi connectivity index (χ2v) is 8.57. The first-order chi connectivity index (χ1) is 12.1. The van der Waals surface area contributed by atoms with Crippen LogP contribution in [0.5, 0.6) is 0 Å². The Morgan fingerprint density at radius 2 is 2.16 bits per heavy atom. The number of sulfonamides is 1. The highest BCUT2D eigenvalue weighted by Gasteiger charge is 2.24. The molecule has 0 atom stereocenters. The van der Waals surface area contributed by atoms with Crippen molar-refractivity contribution in [1.82, 2.24) is 23.0 Å². The van der Waals surface area contributed by atoms with Crippen LogP contribution in [0.4, 0.5) is 0 Å². The van der Waals surface area contributed by atoms with Crippen LogP contribution in [-0.4, -0.2) is 33.3 Å². The van der Waals surface area contributed by atoms with Crippen LogP contribution in [0.25, 0.3) is 11.0 Å². The van der Waals surface area contributed by atoms with E-state index < -0.39 is 10.0 Å². The molecule has 1 N–H and O–H groups in total. The summed E-state index contributed by atoms with van der Waals surface area (Å²) in [6.45, 7) is 2.36. The molecule has 132 valence electrons. The predicted molar refractivity (Wildman–Crippen MR) is 96.2 cm³/mol. The van der Waals surface area contributed by atoms with E-state index in [0.717, 1.165) is 23.2 Å². The second-order valence-electron chi connectivity index (χ2n) is 6.31. The van der Waals surface area contributed by atoms with Gasteiger partial charge in [-0.25, -0.2) is 18.1 Å². The van der Waals surface area contributed by atoms with Crippen molar-refractivity contribution in [1.29, 1.82) is 0 Å². The number of nitrogens with one attached hydrogen (secondary N) is 1. The van der Waals surface area contributed by atoms with E-state index in [-0.39, 0.29) is 4.90 Å². The predicted octanol–water partition coefficient (Wildman–Crippen LogP) is 2.44. The number of aryl methyl sites for hydroxylation is 1. The normalized spacial score (nSPS) is 15.6. The van der Waals surface area contributed by atoms with Crippen LogP contribution in [0.2, 0.25) is 0 Å². The molecule has 25 heavy (non-hydrogen) atoms. The Balaban J connectivity index is 1.49. The molecule has 2 aromatic heterocycles. The Kier molecular flexibility index (Phi) is 4.30. The molecule has 1 fully saturated rings. The fourth-order valence-corrected chi connectivity index (χ4v) is 4.99. The molecule has 9 heteroatoms. The van der Waals surface area contributed by atoms with Crippen LogP contribution in [0, 0.1) is 6.92 Å². The highest BCUT2D eigenvalue weighted by atomic mass is 32.2. The van der Waals surface area contributed by atoms with E-state index in [1.165, 1.54) is 19.3 Å². The minimum Gasteiger partial charge on any atom is -0.329 e. The Morgan fingerprint density at radius 3 is 2.92 bits per heavy atom. The molecule has 3 aromatic rings. The van der Waals surface area contributed by atoms with Crippen molar-refractivity contribution < 1.29 is 8.42 Å². The summed E-state index contributed by atoms with van der Waals surface area (Å²) in [6, 6.07) is 5.52. The molecule has 0 aliphatic heterocycles. The molecule has 1 aromatic carbocycles. The average molecular weight is 377 g/mol. The van der Waals surface area contributed by atoms with E-state index in [9.17, 15) is 8.42 Å². The molecule has 1 aliphatic carbocycles. The molecule has 1 aliphatic rings. The summed E-state index contributed by atoms with van der Waals surface area (Å²) >= 11 is 1.02. The van der Waals surface area contributed by atoms with Gasteiger partial charge in [0.05, 0.1) is 11.7 Å². The smallest absolute Gasteiger partial charge is 0.242 e. The van der Waals surface area contributed by atoms with Gasteiger partial charge in [0, 0.05) is 30.9 Å². The van der Waals surface area contributed by atoms with Gasteiger partial charge in [-0.3, -0.25) is 0 Å². The molecule has 1 saturated carbocycles. The second kappa shape index (κ2) is 6.47. The van der Waals surface area contributed by atoms with Crippen molar-refractivity contribution in [2.75, 3.05) is 6.54 Å². The van der Waals surface area contributed by atoms with Crippen molar-refractivity contribution in [3.8, 4) is 0 Å². The highest BCUT2D eigenvalue weighted by Crippen LogP contribution is 2.33. The zero-order valence-corrected chi connectivity index (χ0v) is 15.5. The van der Waals surface area contributed by atoms with Crippen LogP contribution in [0.3, 0.4) is 0 Å². The van der Waals surface area contributed by atoms with Gasteiger partial charge in [-0.05, 0) is 38.3 Å². The number of benzene rings is 1. The molecule has 0 saturated heterocycles. The molecular formula is C16H19N5O2S2. The lowest BCUT2D eigenvalue weighted by Gasteiger charge is -2.29. The monoisotopic (exact) mass is 377 g/mol. The van der Waals surface area contributed by atoms with Gasteiger partial charge in [-0.1, -0.05) is 6.07 Å². The first-order valence-electron chi connectivity index (χ1n) is 8.30. The van der Waals surface area contributed by atoms with E-state index >= 15 is 0 Å². The fourth-order valence-electron chi connectivity index (χ4n) is 3.20. The first-order valence-corrected chi connectivity index (χ1v) is 10.5. The summed E-state index contributed by atoms with van der Waals surface area (Å²) in [5, 5.41) is 0. The Hall–Kier alpha value is -1.84. The number of hydrogen-bond acceptors (Lipinski definition) is 6. The van der Waals surface area contributed by atoms with Crippen molar-refractivity contribution in [3.63, 3.8) is 0 Å². The molecule has 0 radical (unpaired) electrons. The molecule has 0 amide bonds. The number of aromatic nitrogens is 4. The maximum atomic E-state index is 12.6. The van der Waals surface area contributed by atoms with E-state index in [1.54, 1.807) is 18.2 Å². The van der Waals surface area contributed by atoms with Gasteiger partial charge in [0.1, 0.15) is 21.8 Å². The largest absolute Gasteiger partial charge is 0.329 e. The van der Waals surface area contributed by atoms with Crippen LogP contribution in [0.15, 0.2) is 29.3 Å². The lowest BCUT2D eigenvalue weighted by Crippen LogP contribution is -2.28. The summed E-state index contributed by atoms with van der Waals surface area (Å²) in [6.07, 6.45) is 6.03. The van der Waals surface area contributed by atoms with Gasteiger partial charge < -0.3 is 4.57 Å². The molecular weight excluding hydrogens is 358 g/mol. The molecule has 2 heterocycles. The summed E-state index contributed by atoms with van der Waals surface area (Å²) in [5.74, 6) is 0.943.